The number of rotatable bonds is 3. The van der Waals surface area contributed by atoms with Crippen LogP contribution < -0.4 is 16.0 Å². The number of nitrogens with two attached hydrogens (primary N) is 1. The van der Waals surface area contributed by atoms with E-state index >= 15 is 0 Å². The molecule has 1 aromatic rings. The molecule has 0 bridgehead atoms. The van der Waals surface area contributed by atoms with Crippen molar-refractivity contribution in [1.82, 2.24) is 4.98 Å². The number of alkyl halides is 3. The second-order valence-electron chi connectivity index (χ2n) is 3.11. The molecular weight excluding hydrogens is 257 g/mol. The van der Waals surface area contributed by atoms with Crippen LogP contribution in [0.15, 0.2) is 10.9 Å². The molecule has 6 nitrogen and oxygen atoms in total. The molecule has 0 saturated carbocycles. The number of pyridine rings is 1. The molecule has 1 aromatic heterocycles. The van der Waals surface area contributed by atoms with E-state index in [-0.39, 0.29) is 12.1 Å². The van der Waals surface area contributed by atoms with Crippen LogP contribution in [0.25, 0.3) is 0 Å². The standard InChI is InChI=1S/C9H9F3N2O4/c1-17-8(16)6-4(3-13)2-5(14-7(6)15)18-9(10,11)12/h2H,3,13H2,1H3,(H,14,15). The molecule has 0 unspecified atom stereocenters. The van der Waals surface area contributed by atoms with Gasteiger partial charge in [-0.1, -0.05) is 0 Å². The Morgan fingerprint density at radius 1 is 1.50 bits per heavy atom. The molecule has 100 valence electrons. The zero-order valence-electron chi connectivity index (χ0n) is 9.13. The van der Waals surface area contributed by atoms with E-state index < -0.39 is 29.3 Å². The van der Waals surface area contributed by atoms with Crippen molar-refractivity contribution in [3.8, 4) is 5.88 Å². The topological polar surface area (TPSA) is 94.4 Å². The molecule has 0 aromatic carbocycles. The third-order valence-corrected chi connectivity index (χ3v) is 1.93. The van der Waals surface area contributed by atoms with Crippen molar-refractivity contribution in [1.29, 1.82) is 0 Å². The van der Waals surface area contributed by atoms with Crippen LogP contribution in [0.3, 0.4) is 0 Å². The summed E-state index contributed by atoms with van der Waals surface area (Å²) in [6, 6.07) is 0.821. The van der Waals surface area contributed by atoms with Gasteiger partial charge in [-0.25, -0.2) is 4.79 Å². The fourth-order valence-corrected chi connectivity index (χ4v) is 1.25. The highest BCUT2D eigenvalue weighted by Crippen LogP contribution is 2.21. The third-order valence-electron chi connectivity index (χ3n) is 1.93. The molecule has 0 saturated heterocycles. The number of esters is 1. The van der Waals surface area contributed by atoms with Crippen molar-refractivity contribution in [3.05, 3.63) is 27.5 Å². The lowest BCUT2D eigenvalue weighted by Crippen LogP contribution is -2.26. The van der Waals surface area contributed by atoms with E-state index in [4.69, 9.17) is 5.73 Å². The van der Waals surface area contributed by atoms with Gasteiger partial charge in [0.2, 0.25) is 5.88 Å². The molecule has 1 rings (SSSR count). The zero-order chi connectivity index (χ0) is 13.9. The Hall–Kier alpha value is -2.03. The minimum atomic E-state index is -4.96. The molecule has 0 amide bonds. The summed E-state index contributed by atoms with van der Waals surface area (Å²) in [7, 11) is 1.03. The van der Waals surface area contributed by atoms with Gasteiger partial charge in [-0.2, -0.15) is 0 Å². The molecular formula is C9H9F3N2O4. The Bertz CT molecular complexity index is 510. The normalized spacial score (nSPS) is 11.2. The highest BCUT2D eigenvalue weighted by atomic mass is 19.4. The summed E-state index contributed by atoms with van der Waals surface area (Å²) in [6.07, 6.45) is -4.96. The Kier molecular flexibility index (Phi) is 3.96. The maximum Gasteiger partial charge on any atom is 0.574 e. The number of nitrogens with one attached hydrogen (secondary N) is 1. The van der Waals surface area contributed by atoms with Crippen LogP contribution in [0.2, 0.25) is 0 Å². The van der Waals surface area contributed by atoms with E-state index in [0.717, 1.165) is 13.2 Å². The fourth-order valence-electron chi connectivity index (χ4n) is 1.25. The fraction of sp³-hybridized carbons (Fsp3) is 0.333. The summed E-state index contributed by atoms with van der Waals surface area (Å²) in [5, 5.41) is 0. The number of carbonyl (C=O) groups excluding carboxylic acids is 1. The first kappa shape index (κ1) is 14.0. The van der Waals surface area contributed by atoms with Crippen molar-refractivity contribution >= 4 is 5.97 Å². The Morgan fingerprint density at radius 2 is 2.11 bits per heavy atom. The maximum atomic E-state index is 12.0. The zero-order valence-corrected chi connectivity index (χ0v) is 9.13. The largest absolute Gasteiger partial charge is 0.574 e. The maximum absolute atomic E-state index is 12.0. The summed E-state index contributed by atoms with van der Waals surface area (Å²) in [5.74, 6) is -1.84. The number of hydrogen-bond donors (Lipinski definition) is 2. The van der Waals surface area contributed by atoms with Gasteiger partial charge in [0, 0.05) is 12.6 Å². The molecule has 18 heavy (non-hydrogen) atoms. The molecule has 0 aliphatic rings. The van der Waals surface area contributed by atoms with Gasteiger partial charge in [-0.15, -0.1) is 13.2 Å². The first-order valence-corrected chi connectivity index (χ1v) is 4.58. The van der Waals surface area contributed by atoms with Crippen LogP contribution in [0, 0.1) is 0 Å². The number of H-pyrrole nitrogens is 1. The molecule has 0 spiro atoms. The van der Waals surface area contributed by atoms with Gasteiger partial charge >= 0.3 is 12.3 Å². The molecule has 3 N–H and O–H groups in total. The lowest BCUT2D eigenvalue weighted by molar-refractivity contribution is -0.276. The molecule has 0 aliphatic carbocycles. The second-order valence-corrected chi connectivity index (χ2v) is 3.11. The van der Waals surface area contributed by atoms with Gasteiger partial charge < -0.3 is 15.2 Å². The molecule has 0 atom stereocenters. The number of halogens is 3. The summed E-state index contributed by atoms with van der Waals surface area (Å²) >= 11 is 0. The van der Waals surface area contributed by atoms with Gasteiger partial charge in [0.15, 0.2) is 0 Å². The minimum Gasteiger partial charge on any atom is -0.465 e. The van der Waals surface area contributed by atoms with E-state index in [1.165, 1.54) is 0 Å². The monoisotopic (exact) mass is 266 g/mol. The predicted molar refractivity (Wildman–Crippen MR) is 53.0 cm³/mol. The number of methoxy groups -OCH3 is 1. The highest BCUT2D eigenvalue weighted by molar-refractivity contribution is 5.90. The molecule has 1 heterocycles. The third kappa shape index (κ3) is 3.23. The summed E-state index contributed by atoms with van der Waals surface area (Å²) < 4.78 is 43.8. The van der Waals surface area contributed by atoms with Crippen LogP contribution in [0.4, 0.5) is 13.2 Å². The lowest BCUT2D eigenvalue weighted by atomic mass is 10.1. The number of carbonyl (C=O) groups is 1. The average Bonchev–Trinajstić information content (AvgIpc) is 2.24. The quantitative estimate of drug-likeness (QED) is 0.778. The molecule has 0 radical (unpaired) electrons. The first-order valence-electron chi connectivity index (χ1n) is 4.58. The molecule has 9 heteroatoms. The summed E-state index contributed by atoms with van der Waals surface area (Å²) in [5.41, 5.74) is 3.63. The van der Waals surface area contributed by atoms with Gasteiger partial charge in [-0.05, 0) is 5.56 Å². The van der Waals surface area contributed by atoms with Crippen LogP contribution >= 0.6 is 0 Å². The van der Waals surface area contributed by atoms with Gasteiger partial charge in [0.1, 0.15) is 5.56 Å². The number of ether oxygens (including phenoxy) is 2. The molecule has 0 fully saturated rings. The lowest BCUT2D eigenvalue weighted by Gasteiger charge is -2.11. The summed E-state index contributed by atoms with van der Waals surface area (Å²) in [6.45, 7) is -0.317. The predicted octanol–water partition coefficient (Wildman–Crippen LogP) is 0.519. The van der Waals surface area contributed by atoms with Crippen LogP contribution in [0.1, 0.15) is 15.9 Å². The van der Waals surface area contributed by atoms with Gasteiger partial charge in [0.05, 0.1) is 7.11 Å². The average molecular weight is 266 g/mol. The highest BCUT2D eigenvalue weighted by Gasteiger charge is 2.32. The van der Waals surface area contributed by atoms with E-state index in [0.29, 0.717) is 0 Å². The van der Waals surface area contributed by atoms with Crippen LogP contribution in [-0.2, 0) is 11.3 Å². The second kappa shape index (κ2) is 5.08. The number of hydrogen-bond acceptors (Lipinski definition) is 5. The Labute approximate surface area is 98.5 Å². The molecule has 0 aliphatic heterocycles. The van der Waals surface area contributed by atoms with E-state index in [9.17, 15) is 22.8 Å². The van der Waals surface area contributed by atoms with E-state index in [1.807, 2.05) is 0 Å². The smallest absolute Gasteiger partial charge is 0.465 e. The number of aromatic amines is 1. The van der Waals surface area contributed by atoms with E-state index in [1.54, 1.807) is 4.98 Å². The van der Waals surface area contributed by atoms with Crippen LogP contribution in [-0.4, -0.2) is 24.4 Å². The van der Waals surface area contributed by atoms with Crippen molar-refractivity contribution in [2.45, 2.75) is 12.9 Å². The van der Waals surface area contributed by atoms with Gasteiger partial charge in [-0.3, -0.25) is 9.78 Å². The first-order chi connectivity index (χ1) is 8.28. The van der Waals surface area contributed by atoms with Crippen molar-refractivity contribution in [3.63, 3.8) is 0 Å². The van der Waals surface area contributed by atoms with E-state index in [2.05, 4.69) is 9.47 Å². The van der Waals surface area contributed by atoms with Crippen molar-refractivity contribution in [2.75, 3.05) is 7.11 Å². The van der Waals surface area contributed by atoms with Gasteiger partial charge in [0.25, 0.3) is 5.56 Å². The number of aromatic nitrogens is 1. The SMILES string of the molecule is COC(=O)c1c(CN)cc(OC(F)(F)F)[nH]c1=O. The van der Waals surface area contributed by atoms with Crippen molar-refractivity contribution < 1.29 is 27.4 Å². The minimum absolute atomic E-state index is 0.107. The Balaban J connectivity index is 3.28. The summed E-state index contributed by atoms with van der Waals surface area (Å²) in [4.78, 5) is 24.5. The van der Waals surface area contributed by atoms with Crippen LogP contribution in [0.5, 0.6) is 5.88 Å². The van der Waals surface area contributed by atoms with Crippen molar-refractivity contribution in [2.24, 2.45) is 5.73 Å². The Morgan fingerprint density at radius 3 is 2.56 bits per heavy atom.